The molecular formula is C22H15FN4O2. The number of hydrogen-bond acceptors (Lipinski definition) is 4. The van der Waals surface area contributed by atoms with Crippen LogP contribution in [0, 0.1) is 5.82 Å². The summed E-state index contributed by atoms with van der Waals surface area (Å²) >= 11 is 0. The smallest absolute Gasteiger partial charge is 0.267 e. The van der Waals surface area contributed by atoms with Crippen molar-refractivity contribution in [3.05, 3.63) is 96.1 Å². The topological polar surface area (TPSA) is 84.0 Å². The number of nitrogens with one attached hydrogen (secondary N) is 2. The van der Waals surface area contributed by atoms with E-state index in [1.807, 2.05) is 18.2 Å². The molecule has 6 nitrogen and oxygen atoms in total. The average Bonchev–Trinajstić information content (AvgIpc) is 2.77. The number of nitrogens with zero attached hydrogens (tertiary/aromatic N) is 2. The third kappa shape index (κ3) is 3.93. The molecule has 2 aromatic carbocycles. The molecule has 4 rings (SSSR count). The lowest BCUT2D eigenvalue weighted by molar-refractivity contribution is 0.0847. The lowest BCUT2D eigenvalue weighted by atomic mass is 10.0. The second-order valence-corrected chi connectivity index (χ2v) is 6.22. The molecule has 2 heterocycles. The van der Waals surface area contributed by atoms with Crippen LogP contribution in [0.1, 0.15) is 20.7 Å². The summed E-state index contributed by atoms with van der Waals surface area (Å²) in [6.07, 6.45) is 3.30. The lowest BCUT2D eigenvalue weighted by Gasteiger charge is -2.11. The van der Waals surface area contributed by atoms with Gasteiger partial charge in [-0.2, -0.15) is 0 Å². The van der Waals surface area contributed by atoms with Gasteiger partial charge in [0.25, 0.3) is 11.8 Å². The zero-order chi connectivity index (χ0) is 20.2. The number of amides is 2. The van der Waals surface area contributed by atoms with Gasteiger partial charge in [0.1, 0.15) is 5.82 Å². The van der Waals surface area contributed by atoms with Crippen molar-refractivity contribution in [2.45, 2.75) is 0 Å². The fraction of sp³-hybridized carbons (Fsp3) is 0. The van der Waals surface area contributed by atoms with Crippen LogP contribution in [0.5, 0.6) is 0 Å². The minimum atomic E-state index is -0.550. The van der Waals surface area contributed by atoms with Crippen molar-refractivity contribution in [3.8, 4) is 11.3 Å². The Morgan fingerprint density at radius 1 is 0.828 bits per heavy atom. The Morgan fingerprint density at radius 3 is 2.28 bits per heavy atom. The molecule has 7 heteroatoms. The van der Waals surface area contributed by atoms with E-state index in [9.17, 15) is 14.0 Å². The molecule has 0 aliphatic carbocycles. The first-order chi connectivity index (χ1) is 14.1. The number of benzene rings is 2. The summed E-state index contributed by atoms with van der Waals surface area (Å²) < 4.78 is 13.0. The molecule has 2 amide bonds. The van der Waals surface area contributed by atoms with Gasteiger partial charge in [0, 0.05) is 28.9 Å². The molecule has 0 atom stereocenters. The molecule has 2 N–H and O–H groups in total. The number of pyridine rings is 2. The van der Waals surface area contributed by atoms with Crippen LogP contribution < -0.4 is 10.9 Å². The molecule has 0 aliphatic heterocycles. The van der Waals surface area contributed by atoms with E-state index in [0.29, 0.717) is 22.2 Å². The molecule has 2 aromatic heterocycles. The van der Waals surface area contributed by atoms with E-state index >= 15 is 0 Å². The molecule has 0 unspecified atom stereocenters. The molecule has 0 saturated heterocycles. The largest absolute Gasteiger partial charge is 0.270 e. The van der Waals surface area contributed by atoms with Crippen molar-refractivity contribution in [3.63, 3.8) is 0 Å². The number of hydrazine groups is 1. The second kappa shape index (κ2) is 7.85. The second-order valence-electron chi connectivity index (χ2n) is 6.22. The van der Waals surface area contributed by atoms with Crippen LogP contribution in [0.25, 0.3) is 22.2 Å². The first-order valence-corrected chi connectivity index (χ1v) is 8.78. The predicted molar refractivity (Wildman–Crippen MR) is 106 cm³/mol. The Kier molecular flexibility index (Phi) is 4.94. The molecule has 0 spiro atoms. The number of carbonyl (C=O) groups excluding carboxylic acids is 2. The van der Waals surface area contributed by atoms with Gasteiger partial charge in [-0.05, 0) is 48.5 Å². The number of carbonyl (C=O) groups is 2. The number of aromatic nitrogens is 2. The zero-order valence-electron chi connectivity index (χ0n) is 15.1. The first kappa shape index (κ1) is 18.2. The van der Waals surface area contributed by atoms with Crippen LogP contribution in [-0.4, -0.2) is 21.8 Å². The number of fused-ring (bicyclic) bond motifs is 1. The quantitative estimate of drug-likeness (QED) is 0.528. The summed E-state index contributed by atoms with van der Waals surface area (Å²) in [5.74, 6) is -1.49. The summed E-state index contributed by atoms with van der Waals surface area (Å²) in [7, 11) is 0. The number of para-hydroxylation sites is 1. The Hall–Kier alpha value is -4.13. The lowest BCUT2D eigenvalue weighted by Crippen LogP contribution is -2.41. The Morgan fingerprint density at radius 2 is 1.52 bits per heavy atom. The Bertz CT molecular complexity index is 1190. The van der Waals surface area contributed by atoms with Crippen LogP contribution in [0.15, 0.2) is 79.1 Å². The van der Waals surface area contributed by atoms with Crippen LogP contribution in [0.4, 0.5) is 4.39 Å². The Labute approximate surface area is 165 Å². The summed E-state index contributed by atoms with van der Waals surface area (Å²) in [6, 6.07) is 17.5. The highest BCUT2D eigenvalue weighted by atomic mass is 19.1. The zero-order valence-corrected chi connectivity index (χ0v) is 15.1. The van der Waals surface area contributed by atoms with Gasteiger partial charge in [-0.25, -0.2) is 9.37 Å². The maximum atomic E-state index is 13.0. The monoisotopic (exact) mass is 386 g/mol. The van der Waals surface area contributed by atoms with Crippen molar-refractivity contribution in [2.24, 2.45) is 0 Å². The third-order valence-electron chi connectivity index (χ3n) is 4.33. The molecule has 29 heavy (non-hydrogen) atoms. The maximum Gasteiger partial charge on any atom is 0.270 e. The highest BCUT2D eigenvalue weighted by Gasteiger charge is 2.15. The number of rotatable bonds is 3. The van der Waals surface area contributed by atoms with Crippen molar-refractivity contribution in [1.82, 2.24) is 20.8 Å². The van der Waals surface area contributed by atoms with Crippen LogP contribution in [-0.2, 0) is 0 Å². The summed E-state index contributed by atoms with van der Waals surface area (Å²) in [5.41, 5.74) is 7.42. The van der Waals surface area contributed by atoms with Crippen LogP contribution in [0.3, 0.4) is 0 Å². The van der Waals surface area contributed by atoms with Gasteiger partial charge in [0.05, 0.1) is 16.8 Å². The van der Waals surface area contributed by atoms with E-state index in [1.165, 1.54) is 24.3 Å². The molecule has 0 bridgehead atoms. The maximum absolute atomic E-state index is 13.0. The SMILES string of the molecule is O=C(NNC(=O)c1cc(-c2ccncc2)nc2ccccc12)c1ccc(F)cc1. The van der Waals surface area contributed by atoms with Gasteiger partial charge in [-0.3, -0.25) is 25.4 Å². The predicted octanol–water partition coefficient (Wildman–Crippen LogP) is 3.51. The standard InChI is InChI=1S/C22H15FN4O2/c23-16-7-5-15(6-8-16)21(28)26-27-22(29)18-13-20(14-9-11-24-12-10-14)25-19-4-2-1-3-17(18)19/h1-13H,(H,26,28)(H,27,29). The van der Waals surface area contributed by atoms with Gasteiger partial charge in [-0.1, -0.05) is 18.2 Å². The summed E-state index contributed by atoms with van der Waals surface area (Å²) in [6.45, 7) is 0. The molecule has 4 aromatic rings. The molecule has 0 saturated carbocycles. The fourth-order valence-corrected chi connectivity index (χ4v) is 2.89. The van der Waals surface area contributed by atoms with Crippen molar-refractivity contribution >= 4 is 22.7 Å². The van der Waals surface area contributed by atoms with Crippen LogP contribution in [0.2, 0.25) is 0 Å². The van der Waals surface area contributed by atoms with Crippen LogP contribution >= 0.6 is 0 Å². The van der Waals surface area contributed by atoms with Gasteiger partial charge < -0.3 is 0 Å². The van der Waals surface area contributed by atoms with Crippen molar-refractivity contribution in [1.29, 1.82) is 0 Å². The van der Waals surface area contributed by atoms with Crippen molar-refractivity contribution < 1.29 is 14.0 Å². The van der Waals surface area contributed by atoms with Gasteiger partial charge in [0.2, 0.25) is 0 Å². The highest BCUT2D eigenvalue weighted by Crippen LogP contribution is 2.24. The summed E-state index contributed by atoms with van der Waals surface area (Å²) in [4.78, 5) is 33.6. The highest BCUT2D eigenvalue weighted by molar-refractivity contribution is 6.08. The van der Waals surface area contributed by atoms with E-state index < -0.39 is 17.6 Å². The van der Waals surface area contributed by atoms with Crippen molar-refractivity contribution in [2.75, 3.05) is 0 Å². The van der Waals surface area contributed by atoms with E-state index in [1.54, 1.807) is 36.7 Å². The first-order valence-electron chi connectivity index (χ1n) is 8.78. The minimum absolute atomic E-state index is 0.226. The molecular weight excluding hydrogens is 371 g/mol. The summed E-state index contributed by atoms with van der Waals surface area (Å²) in [5, 5.41) is 0.652. The van der Waals surface area contributed by atoms with E-state index in [4.69, 9.17) is 0 Å². The Balaban J connectivity index is 1.62. The fourth-order valence-electron chi connectivity index (χ4n) is 2.89. The third-order valence-corrected chi connectivity index (χ3v) is 4.33. The van der Waals surface area contributed by atoms with E-state index in [-0.39, 0.29) is 5.56 Å². The van der Waals surface area contributed by atoms with Gasteiger partial charge >= 0.3 is 0 Å². The normalized spacial score (nSPS) is 10.5. The van der Waals surface area contributed by atoms with E-state index in [2.05, 4.69) is 20.8 Å². The molecule has 0 fully saturated rings. The molecule has 0 radical (unpaired) electrons. The number of hydrogen-bond donors (Lipinski definition) is 2. The number of halogens is 1. The van der Waals surface area contributed by atoms with E-state index in [0.717, 1.165) is 5.56 Å². The van der Waals surface area contributed by atoms with Gasteiger partial charge in [0.15, 0.2) is 0 Å². The molecule has 0 aliphatic rings. The van der Waals surface area contributed by atoms with Gasteiger partial charge in [-0.15, -0.1) is 0 Å². The average molecular weight is 386 g/mol. The molecule has 142 valence electrons. The minimum Gasteiger partial charge on any atom is -0.267 e.